The van der Waals surface area contributed by atoms with Crippen LogP contribution in [0.15, 0.2) is 59.7 Å². The minimum absolute atomic E-state index is 0.0398. The second kappa shape index (κ2) is 21.4. The fourth-order valence-electron chi connectivity index (χ4n) is 8.37. The van der Waals surface area contributed by atoms with Gasteiger partial charge >= 0.3 is 6.03 Å². The number of benzene rings is 3. The first-order chi connectivity index (χ1) is 31.5. The average molecular weight is 897 g/mol. The number of hydrazone groups is 1. The Morgan fingerprint density at radius 3 is 2.17 bits per heavy atom. The molecular formula is C46H56N8O11. The van der Waals surface area contributed by atoms with E-state index in [9.17, 15) is 28.8 Å². The van der Waals surface area contributed by atoms with Crippen LogP contribution in [0.5, 0.6) is 11.5 Å². The van der Waals surface area contributed by atoms with E-state index in [0.29, 0.717) is 95.1 Å². The summed E-state index contributed by atoms with van der Waals surface area (Å²) >= 11 is 0. The number of carbonyl (C=O) groups is 6. The van der Waals surface area contributed by atoms with Crippen molar-refractivity contribution in [3.8, 4) is 11.5 Å². The van der Waals surface area contributed by atoms with Crippen molar-refractivity contribution < 1.29 is 52.5 Å². The highest BCUT2D eigenvalue weighted by Gasteiger charge is 2.45. The molecule has 3 aromatic rings. The summed E-state index contributed by atoms with van der Waals surface area (Å²) in [7, 11) is 4.78. The number of urea groups is 1. The number of anilines is 2. The van der Waals surface area contributed by atoms with Crippen molar-refractivity contribution in [2.24, 2.45) is 5.10 Å². The van der Waals surface area contributed by atoms with E-state index >= 15 is 0 Å². The Hall–Kier alpha value is -6.57. The highest BCUT2D eigenvalue weighted by molar-refractivity contribution is 6.25. The maximum absolute atomic E-state index is 13.3. The van der Waals surface area contributed by atoms with Gasteiger partial charge < -0.3 is 44.1 Å². The lowest BCUT2D eigenvalue weighted by molar-refractivity contribution is -0.136. The van der Waals surface area contributed by atoms with Gasteiger partial charge in [0, 0.05) is 68.7 Å². The summed E-state index contributed by atoms with van der Waals surface area (Å²) in [6.07, 6.45) is 0.992. The second-order valence-electron chi connectivity index (χ2n) is 15.9. The molecule has 0 spiro atoms. The number of nitrogens with zero attached hydrogens (tertiary/aromatic N) is 5. The van der Waals surface area contributed by atoms with Crippen molar-refractivity contribution in [3.63, 3.8) is 0 Å². The summed E-state index contributed by atoms with van der Waals surface area (Å²) in [6, 6.07) is 15.3. The Morgan fingerprint density at radius 1 is 0.815 bits per heavy atom. The largest absolute Gasteiger partial charge is 0.493 e. The third-order valence-corrected chi connectivity index (χ3v) is 11.8. The fraction of sp³-hybridized carbons (Fsp3) is 0.457. The van der Waals surface area contributed by atoms with Gasteiger partial charge in [-0.15, -0.1) is 0 Å². The molecule has 3 N–H and O–H groups in total. The Balaban J connectivity index is 0.777. The summed E-state index contributed by atoms with van der Waals surface area (Å²) in [5.74, 6) is -0.989. The minimum atomic E-state index is -1.03. The van der Waals surface area contributed by atoms with Crippen LogP contribution in [0.25, 0.3) is 0 Å². The molecule has 0 radical (unpaired) electrons. The molecule has 7 amide bonds. The van der Waals surface area contributed by atoms with Gasteiger partial charge in [-0.05, 0) is 61.7 Å². The van der Waals surface area contributed by atoms with E-state index < -0.39 is 29.7 Å². The summed E-state index contributed by atoms with van der Waals surface area (Å²) in [5, 5.41) is 14.4. The molecular weight excluding hydrogens is 841 g/mol. The molecule has 4 aliphatic heterocycles. The quantitative estimate of drug-likeness (QED) is 0.124. The van der Waals surface area contributed by atoms with E-state index in [0.717, 1.165) is 27.3 Å². The minimum Gasteiger partial charge on any atom is -0.493 e. The van der Waals surface area contributed by atoms with Gasteiger partial charge in [-0.1, -0.05) is 18.2 Å². The standard InChI is InChI=1S/C46H56N8O11/c1-29-26-31-27-37(61-3)38(62-4)28-34(31)42(50-54(29)46(60)47-2)30-8-10-32(11-9-30)51-16-18-52(19-17-51)40(56)14-20-63-22-24-65-25-23-64-21-15-48-35-7-5-6-33-41(35)45(59)53(44(33)58)36-12-13-39(55)49-43(36)57/h5-11,27-29,36,48H,12-26H2,1-4H3,(H,47,60)(H,49,55,57)/t29-,36?/m1/s1. The third-order valence-electron chi connectivity index (χ3n) is 11.8. The molecule has 0 aliphatic carbocycles. The van der Waals surface area contributed by atoms with Crippen LogP contribution in [0, 0.1) is 0 Å². The van der Waals surface area contributed by atoms with Crippen molar-refractivity contribution in [3.05, 3.63) is 82.4 Å². The molecule has 2 fully saturated rings. The number of hydrogen-bond acceptors (Lipinski definition) is 14. The normalized spacial score (nSPS) is 18.4. The van der Waals surface area contributed by atoms with Crippen LogP contribution >= 0.6 is 0 Å². The number of carbonyl (C=O) groups excluding carboxylic acids is 6. The third kappa shape index (κ3) is 10.5. The highest BCUT2D eigenvalue weighted by Crippen LogP contribution is 2.36. The predicted octanol–water partition coefficient (Wildman–Crippen LogP) is 2.64. The lowest BCUT2D eigenvalue weighted by atomic mass is 9.94. The molecule has 2 atom stereocenters. The predicted molar refractivity (Wildman–Crippen MR) is 239 cm³/mol. The molecule has 1 unspecified atom stereocenters. The van der Waals surface area contributed by atoms with E-state index in [1.54, 1.807) is 39.5 Å². The molecule has 19 nitrogen and oxygen atoms in total. The van der Waals surface area contributed by atoms with Crippen LogP contribution in [-0.4, -0.2) is 162 Å². The van der Waals surface area contributed by atoms with Crippen LogP contribution < -0.4 is 30.3 Å². The van der Waals surface area contributed by atoms with Crippen LogP contribution in [0.2, 0.25) is 0 Å². The molecule has 4 heterocycles. The van der Waals surface area contributed by atoms with Crippen LogP contribution in [0.4, 0.5) is 16.2 Å². The summed E-state index contributed by atoms with van der Waals surface area (Å²) in [5.41, 5.74) is 5.24. The second-order valence-corrected chi connectivity index (χ2v) is 15.9. The number of fused-ring (bicyclic) bond motifs is 2. The first-order valence-corrected chi connectivity index (χ1v) is 21.8. The first-order valence-electron chi connectivity index (χ1n) is 21.8. The van der Waals surface area contributed by atoms with E-state index in [-0.39, 0.29) is 55.0 Å². The Morgan fingerprint density at radius 2 is 1.49 bits per heavy atom. The molecule has 0 bridgehead atoms. The molecule has 19 heteroatoms. The molecule has 3 aromatic carbocycles. The number of amides is 7. The van der Waals surface area contributed by atoms with Crippen LogP contribution in [0.1, 0.15) is 63.6 Å². The molecule has 4 aliphatic rings. The number of piperidine rings is 1. The SMILES string of the molecule is CNC(=O)N1N=C(c2ccc(N3CCN(C(=O)CCOCCOCCOCCNc4cccc5c4C(=O)N(C4CCC(=O)NC4=O)C5=O)CC3)cc2)c2cc(OC)c(OC)cc2C[C@H]1C. The average Bonchev–Trinajstić information content (AvgIpc) is 3.48. The van der Waals surface area contributed by atoms with Gasteiger partial charge in [0.15, 0.2) is 11.5 Å². The van der Waals surface area contributed by atoms with Crippen molar-refractivity contribution in [1.82, 2.24) is 25.4 Å². The summed E-state index contributed by atoms with van der Waals surface area (Å²) in [4.78, 5) is 81.2. The highest BCUT2D eigenvalue weighted by atomic mass is 16.5. The van der Waals surface area contributed by atoms with Gasteiger partial charge in [-0.25, -0.2) is 9.80 Å². The maximum Gasteiger partial charge on any atom is 0.337 e. The van der Waals surface area contributed by atoms with Crippen LogP contribution in [0.3, 0.4) is 0 Å². The van der Waals surface area contributed by atoms with Gasteiger partial charge in [0.2, 0.25) is 17.7 Å². The van der Waals surface area contributed by atoms with Crippen molar-refractivity contribution >= 4 is 52.7 Å². The molecule has 7 rings (SSSR count). The lowest BCUT2D eigenvalue weighted by Gasteiger charge is -2.36. The van der Waals surface area contributed by atoms with Crippen LogP contribution in [-0.2, 0) is 35.0 Å². The summed E-state index contributed by atoms with van der Waals surface area (Å²) < 4.78 is 28.1. The van der Waals surface area contributed by atoms with E-state index in [2.05, 4.69) is 20.9 Å². The number of rotatable bonds is 18. The first kappa shape index (κ1) is 46.4. The Bertz CT molecular complexity index is 2300. The number of hydrogen-bond donors (Lipinski definition) is 3. The number of ether oxygens (including phenoxy) is 5. The number of nitrogens with one attached hydrogen (secondary N) is 3. The number of imide groups is 2. The van der Waals surface area contributed by atoms with E-state index in [4.69, 9.17) is 28.8 Å². The molecule has 2 saturated heterocycles. The zero-order valence-corrected chi connectivity index (χ0v) is 37.2. The monoisotopic (exact) mass is 896 g/mol. The van der Waals surface area contributed by atoms with Crippen molar-refractivity contribution in [2.45, 2.75) is 44.7 Å². The summed E-state index contributed by atoms with van der Waals surface area (Å²) in [6.45, 7) is 6.81. The molecule has 0 aromatic heterocycles. The number of methoxy groups -OCH3 is 2. The molecule has 65 heavy (non-hydrogen) atoms. The Labute approximate surface area is 377 Å². The van der Waals surface area contributed by atoms with Crippen molar-refractivity contribution in [1.29, 1.82) is 0 Å². The number of piperazine rings is 1. The zero-order chi connectivity index (χ0) is 46.0. The fourth-order valence-corrected chi connectivity index (χ4v) is 8.37. The topological polar surface area (TPSA) is 210 Å². The maximum atomic E-state index is 13.3. The van der Waals surface area contributed by atoms with E-state index in [1.165, 1.54) is 5.01 Å². The van der Waals surface area contributed by atoms with Gasteiger partial charge in [-0.3, -0.25) is 34.2 Å². The smallest absolute Gasteiger partial charge is 0.337 e. The van der Waals surface area contributed by atoms with Crippen molar-refractivity contribution in [2.75, 3.05) is 104 Å². The van der Waals surface area contributed by atoms with Gasteiger partial charge in [-0.2, -0.15) is 5.10 Å². The molecule has 346 valence electrons. The lowest BCUT2D eigenvalue weighted by Crippen LogP contribution is -2.54. The van der Waals surface area contributed by atoms with Gasteiger partial charge in [0.1, 0.15) is 6.04 Å². The molecule has 0 saturated carbocycles. The zero-order valence-electron chi connectivity index (χ0n) is 37.2. The van der Waals surface area contributed by atoms with Gasteiger partial charge in [0.05, 0.1) is 83.2 Å². The van der Waals surface area contributed by atoms with E-state index in [1.807, 2.05) is 48.2 Å². The Kier molecular flexibility index (Phi) is 15.3. The van der Waals surface area contributed by atoms with Gasteiger partial charge in [0.25, 0.3) is 11.8 Å².